The maximum atomic E-state index is 5.97. The molecule has 0 spiro atoms. The van der Waals surface area contributed by atoms with E-state index in [2.05, 4.69) is 63.9 Å². The zero-order valence-electron chi connectivity index (χ0n) is 10.3. The van der Waals surface area contributed by atoms with Crippen molar-refractivity contribution < 1.29 is 0 Å². The summed E-state index contributed by atoms with van der Waals surface area (Å²) in [5.41, 5.74) is 7.20. The molecule has 1 atom stereocenters. The summed E-state index contributed by atoms with van der Waals surface area (Å²) in [4.78, 5) is 6.62. The third kappa shape index (κ3) is 1.95. The smallest absolute Gasteiger partial charge is 0.192 e. The molecule has 2 rings (SSSR count). The Morgan fingerprint density at radius 2 is 2.00 bits per heavy atom. The lowest BCUT2D eigenvalue weighted by molar-refractivity contribution is 0.202. The lowest BCUT2D eigenvalue weighted by atomic mass is 9.86. The first-order chi connectivity index (χ1) is 8.14. The number of halogens is 1. The molecule has 1 unspecified atom stereocenters. The van der Waals surface area contributed by atoms with E-state index in [1.54, 1.807) is 0 Å². The van der Waals surface area contributed by atoms with Crippen molar-refractivity contribution >= 4 is 21.9 Å². The molecule has 0 aliphatic carbocycles. The molecule has 1 aromatic carbocycles. The van der Waals surface area contributed by atoms with Crippen molar-refractivity contribution in [1.29, 1.82) is 0 Å². The molecule has 4 heteroatoms. The average molecular weight is 296 g/mol. The molecule has 1 aromatic rings. The number of nitrogens with zero attached hydrogens (tertiary/aromatic N) is 2. The van der Waals surface area contributed by atoms with Gasteiger partial charge in [0.05, 0.1) is 12.1 Å². The number of nitrogens with two attached hydrogens (primary N) is 1. The van der Waals surface area contributed by atoms with Crippen molar-refractivity contribution in [3.05, 3.63) is 34.3 Å². The molecule has 1 heterocycles. The van der Waals surface area contributed by atoms with Crippen molar-refractivity contribution in [1.82, 2.24) is 4.90 Å². The lowest BCUT2D eigenvalue weighted by Gasteiger charge is -2.38. The number of likely N-dealkylation sites (N-methyl/N-ethyl adjacent to an activating group) is 1. The molecule has 0 amide bonds. The monoisotopic (exact) mass is 295 g/mol. The standard InChI is InChI=1S/C13H18BrN3/c1-3-13(9-16-12(15)17(13)4-2)10-5-7-11(14)8-6-10/h5-8H,3-4,9H2,1-2H3,(H2,15,16). The Morgan fingerprint density at radius 1 is 1.35 bits per heavy atom. The lowest BCUT2D eigenvalue weighted by Crippen LogP contribution is -2.48. The van der Waals surface area contributed by atoms with Crippen LogP contribution in [0, 0.1) is 0 Å². The molecule has 0 saturated heterocycles. The van der Waals surface area contributed by atoms with Crippen LogP contribution >= 0.6 is 15.9 Å². The topological polar surface area (TPSA) is 41.6 Å². The van der Waals surface area contributed by atoms with E-state index in [1.807, 2.05) is 0 Å². The second-order valence-corrected chi connectivity index (χ2v) is 5.23. The predicted octanol–water partition coefficient (Wildman–Crippen LogP) is 2.70. The highest BCUT2D eigenvalue weighted by Gasteiger charge is 2.41. The van der Waals surface area contributed by atoms with Gasteiger partial charge in [-0.25, -0.2) is 0 Å². The summed E-state index contributed by atoms with van der Waals surface area (Å²) in [6.45, 7) is 5.96. The SMILES string of the molecule is CCN1C(N)=NCC1(CC)c1ccc(Br)cc1. The molecule has 0 bridgehead atoms. The summed E-state index contributed by atoms with van der Waals surface area (Å²) in [6, 6.07) is 8.47. The van der Waals surface area contributed by atoms with Crippen molar-refractivity contribution in [2.24, 2.45) is 10.7 Å². The first-order valence-electron chi connectivity index (χ1n) is 5.97. The Kier molecular flexibility index (Phi) is 3.43. The summed E-state index contributed by atoms with van der Waals surface area (Å²) >= 11 is 3.47. The molecule has 1 aliphatic rings. The first kappa shape index (κ1) is 12.4. The van der Waals surface area contributed by atoms with E-state index in [-0.39, 0.29) is 5.54 Å². The number of hydrogen-bond acceptors (Lipinski definition) is 3. The van der Waals surface area contributed by atoms with E-state index in [0.717, 1.165) is 24.0 Å². The van der Waals surface area contributed by atoms with Gasteiger partial charge in [-0.15, -0.1) is 0 Å². The molecule has 0 radical (unpaired) electrons. The van der Waals surface area contributed by atoms with E-state index < -0.39 is 0 Å². The van der Waals surface area contributed by atoms with Crippen LogP contribution < -0.4 is 5.73 Å². The normalized spacial score (nSPS) is 23.9. The minimum Gasteiger partial charge on any atom is -0.370 e. The fourth-order valence-corrected chi connectivity index (χ4v) is 2.84. The van der Waals surface area contributed by atoms with Crippen LogP contribution in [-0.2, 0) is 5.54 Å². The molecular weight excluding hydrogens is 278 g/mol. The van der Waals surface area contributed by atoms with Crippen LogP contribution in [0.4, 0.5) is 0 Å². The van der Waals surface area contributed by atoms with Crippen LogP contribution in [0.2, 0.25) is 0 Å². The van der Waals surface area contributed by atoms with Crippen molar-refractivity contribution in [2.45, 2.75) is 25.8 Å². The number of benzene rings is 1. The van der Waals surface area contributed by atoms with Gasteiger partial charge < -0.3 is 10.6 Å². The second kappa shape index (κ2) is 4.69. The van der Waals surface area contributed by atoms with Crippen LogP contribution in [0.15, 0.2) is 33.7 Å². The fourth-order valence-electron chi connectivity index (χ4n) is 2.58. The van der Waals surface area contributed by atoms with Gasteiger partial charge >= 0.3 is 0 Å². The quantitative estimate of drug-likeness (QED) is 0.932. The summed E-state index contributed by atoms with van der Waals surface area (Å²) in [7, 11) is 0. The van der Waals surface area contributed by atoms with Gasteiger partial charge in [-0.05, 0) is 31.0 Å². The highest BCUT2D eigenvalue weighted by Crippen LogP contribution is 2.36. The van der Waals surface area contributed by atoms with Gasteiger partial charge in [-0.1, -0.05) is 35.0 Å². The number of aliphatic imine (C=N–C) groups is 1. The third-order valence-corrected chi connectivity index (χ3v) is 4.11. The average Bonchev–Trinajstić information content (AvgIpc) is 2.67. The molecule has 0 saturated carbocycles. The minimum atomic E-state index is -0.0560. The van der Waals surface area contributed by atoms with Gasteiger partial charge in [0.25, 0.3) is 0 Å². The van der Waals surface area contributed by atoms with Crippen LogP contribution in [0.1, 0.15) is 25.8 Å². The van der Waals surface area contributed by atoms with Gasteiger partial charge in [-0.2, -0.15) is 0 Å². The maximum Gasteiger partial charge on any atom is 0.192 e. The van der Waals surface area contributed by atoms with Gasteiger partial charge in [0, 0.05) is 11.0 Å². The van der Waals surface area contributed by atoms with Crippen LogP contribution in [0.25, 0.3) is 0 Å². The minimum absolute atomic E-state index is 0.0560. The van der Waals surface area contributed by atoms with Crippen molar-refractivity contribution in [3.8, 4) is 0 Å². The van der Waals surface area contributed by atoms with Gasteiger partial charge in [0.2, 0.25) is 0 Å². The number of guanidine groups is 1. The van der Waals surface area contributed by atoms with Crippen LogP contribution in [0.3, 0.4) is 0 Å². The Morgan fingerprint density at radius 3 is 2.53 bits per heavy atom. The van der Waals surface area contributed by atoms with E-state index in [4.69, 9.17) is 5.73 Å². The van der Waals surface area contributed by atoms with Gasteiger partial charge in [0.15, 0.2) is 5.96 Å². The van der Waals surface area contributed by atoms with E-state index in [1.165, 1.54) is 5.56 Å². The summed E-state index contributed by atoms with van der Waals surface area (Å²) < 4.78 is 1.10. The zero-order valence-corrected chi connectivity index (χ0v) is 11.9. The van der Waals surface area contributed by atoms with Crippen LogP contribution in [0.5, 0.6) is 0 Å². The largest absolute Gasteiger partial charge is 0.370 e. The van der Waals surface area contributed by atoms with E-state index in [9.17, 15) is 0 Å². The number of hydrogen-bond donors (Lipinski definition) is 1. The molecule has 2 N–H and O–H groups in total. The summed E-state index contributed by atoms with van der Waals surface area (Å²) in [6.07, 6.45) is 1.01. The molecule has 17 heavy (non-hydrogen) atoms. The van der Waals surface area contributed by atoms with Gasteiger partial charge in [0.1, 0.15) is 0 Å². The Balaban J connectivity index is 2.42. The van der Waals surface area contributed by atoms with Crippen molar-refractivity contribution in [2.75, 3.05) is 13.1 Å². The molecule has 0 aromatic heterocycles. The molecule has 1 aliphatic heterocycles. The van der Waals surface area contributed by atoms with E-state index >= 15 is 0 Å². The fraction of sp³-hybridized carbons (Fsp3) is 0.462. The van der Waals surface area contributed by atoms with E-state index in [0.29, 0.717) is 5.96 Å². The van der Waals surface area contributed by atoms with Crippen LogP contribution in [-0.4, -0.2) is 23.9 Å². The van der Waals surface area contributed by atoms with Gasteiger partial charge in [-0.3, -0.25) is 4.99 Å². The molecule has 0 fully saturated rings. The first-order valence-corrected chi connectivity index (χ1v) is 6.77. The maximum absolute atomic E-state index is 5.97. The zero-order chi connectivity index (χ0) is 12.5. The highest BCUT2D eigenvalue weighted by atomic mass is 79.9. The molecular formula is C13H18BrN3. The molecule has 92 valence electrons. The second-order valence-electron chi connectivity index (χ2n) is 4.31. The summed E-state index contributed by atoms with van der Waals surface area (Å²) in [5.74, 6) is 0.664. The number of rotatable bonds is 3. The molecule has 3 nitrogen and oxygen atoms in total. The predicted molar refractivity (Wildman–Crippen MR) is 75.0 cm³/mol. The highest BCUT2D eigenvalue weighted by molar-refractivity contribution is 9.10. The van der Waals surface area contributed by atoms with Crippen molar-refractivity contribution in [3.63, 3.8) is 0 Å². The Hall–Kier alpha value is -1.03. The summed E-state index contributed by atoms with van der Waals surface area (Å²) in [5, 5.41) is 0. The Bertz CT molecular complexity index is 427. The third-order valence-electron chi connectivity index (χ3n) is 3.58. The Labute approximate surface area is 111 Å².